The first-order chi connectivity index (χ1) is 7.63. The van der Waals surface area contributed by atoms with Gasteiger partial charge in [-0.15, -0.1) is 11.6 Å². The molecule has 0 spiro atoms. The number of rotatable bonds is 7. The van der Waals surface area contributed by atoms with Crippen molar-refractivity contribution < 1.29 is 14.3 Å². The van der Waals surface area contributed by atoms with E-state index in [4.69, 9.17) is 16.3 Å². The van der Waals surface area contributed by atoms with Crippen molar-refractivity contribution in [1.82, 2.24) is 5.32 Å². The average molecular weight is 250 g/mol. The molecule has 0 saturated heterocycles. The van der Waals surface area contributed by atoms with E-state index in [-0.39, 0.29) is 12.0 Å². The van der Waals surface area contributed by atoms with Crippen LogP contribution in [0.4, 0.5) is 4.79 Å². The lowest BCUT2D eigenvalue weighted by molar-refractivity contribution is -0.118. The summed E-state index contributed by atoms with van der Waals surface area (Å²) in [7, 11) is 0. The molecule has 0 saturated carbocycles. The summed E-state index contributed by atoms with van der Waals surface area (Å²) in [5.41, 5.74) is 0. The van der Waals surface area contributed by atoms with E-state index in [0.29, 0.717) is 0 Å². The summed E-state index contributed by atoms with van der Waals surface area (Å²) in [4.78, 5) is 22.0. The van der Waals surface area contributed by atoms with Crippen LogP contribution < -0.4 is 5.32 Å². The fraction of sp³-hybridized carbons (Fsp3) is 0.818. The Morgan fingerprint density at radius 2 is 2.00 bits per heavy atom. The summed E-state index contributed by atoms with van der Waals surface area (Å²) >= 11 is 5.25. The molecule has 94 valence electrons. The van der Waals surface area contributed by atoms with Crippen LogP contribution in [0.3, 0.4) is 0 Å². The predicted octanol–water partition coefficient (Wildman–Crippen LogP) is 2.84. The number of carbonyl (C=O) groups is 2. The van der Waals surface area contributed by atoms with Crippen LogP contribution in [-0.4, -0.2) is 24.0 Å². The Kier molecular flexibility index (Phi) is 9.00. The van der Waals surface area contributed by atoms with Crippen molar-refractivity contribution in [1.29, 1.82) is 0 Å². The highest BCUT2D eigenvalue weighted by atomic mass is 35.5. The van der Waals surface area contributed by atoms with Crippen LogP contribution in [0.5, 0.6) is 0 Å². The molecule has 0 fully saturated rings. The lowest BCUT2D eigenvalue weighted by atomic mass is 10.1. The lowest BCUT2D eigenvalue weighted by Gasteiger charge is -2.15. The summed E-state index contributed by atoms with van der Waals surface area (Å²) in [6.07, 6.45) is 4.07. The van der Waals surface area contributed by atoms with Crippen LogP contribution >= 0.6 is 11.6 Å². The highest BCUT2D eigenvalue weighted by molar-refractivity contribution is 6.28. The van der Waals surface area contributed by atoms with Crippen molar-refractivity contribution in [3.8, 4) is 0 Å². The van der Waals surface area contributed by atoms with Gasteiger partial charge < -0.3 is 4.74 Å². The Balaban J connectivity index is 3.82. The Morgan fingerprint density at radius 1 is 1.31 bits per heavy atom. The molecule has 0 aliphatic heterocycles. The minimum Gasteiger partial charge on any atom is -0.446 e. The van der Waals surface area contributed by atoms with Crippen molar-refractivity contribution in [2.75, 3.05) is 5.88 Å². The number of carbonyl (C=O) groups excluding carboxylic acids is 2. The smallest absolute Gasteiger partial charge is 0.414 e. The maximum Gasteiger partial charge on any atom is 0.414 e. The highest BCUT2D eigenvalue weighted by Gasteiger charge is 2.13. The molecule has 16 heavy (non-hydrogen) atoms. The predicted molar refractivity (Wildman–Crippen MR) is 63.6 cm³/mol. The normalized spacial score (nSPS) is 11.9. The molecular weight excluding hydrogens is 230 g/mol. The second kappa shape index (κ2) is 9.46. The Bertz CT molecular complexity index is 221. The molecule has 5 heteroatoms. The molecule has 1 atom stereocenters. The molecule has 4 nitrogen and oxygen atoms in total. The van der Waals surface area contributed by atoms with Gasteiger partial charge in [-0.2, -0.15) is 0 Å². The zero-order chi connectivity index (χ0) is 12.4. The van der Waals surface area contributed by atoms with Crippen molar-refractivity contribution in [3.63, 3.8) is 0 Å². The van der Waals surface area contributed by atoms with Crippen molar-refractivity contribution in [2.24, 2.45) is 0 Å². The third kappa shape index (κ3) is 7.51. The van der Waals surface area contributed by atoms with Gasteiger partial charge in [0.1, 0.15) is 12.0 Å². The second-order valence-corrected chi connectivity index (χ2v) is 3.88. The van der Waals surface area contributed by atoms with Gasteiger partial charge in [0, 0.05) is 0 Å². The van der Waals surface area contributed by atoms with Crippen molar-refractivity contribution >= 4 is 23.6 Å². The maximum atomic E-state index is 11.2. The van der Waals surface area contributed by atoms with Crippen molar-refractivity contribution in [3.05, 3.63) is 0 Å². The van der Waals surface area contributed by atoms with E-state index in [2.05, 4.69) is 12.2 Å². The first kappa shape index (κ1) is 15.2. The summed E-state index contributed by atoms with van der Waals surface area (Å²) in [6.45, 7) is 4.07. The highest BCUT2D eigenvalue weighted by Crippen LogP contribution is 2.10. The second-order valence-electron chi connectivity index (χ2n) is 3.61. The van der Waals surface area contributed by atoms with Crippen molar-refractivity contribution in [2.45, 2.75) is 52.1 Å². The van der Waals surface area contributed by atoms with E-state index in [0.717, 1.165) is 32.1 Å². The number of hydrogen-bond donors (Lipinski definition) is 1. The Hall–Kier alpha value is -0.770. The first-order valence-corrected chi connectivity index (χ1v) is 6.23. The zero-order valence-electron chi connectivity index (χ0n) is 9.92. The number of alkyl halides is 1. The molecule has 0 aliphatic rings. The van der Waals surface area contributed by atoms with E-state index in [9.17, 15) is 9.59 Å². The minimum absolute atomic E-state index is 0.116. The van der Waals surface area contributed by atoms with Crippen LogP contribution in [0, 0.1) is 0 Å². The molecule has 0 aliphatic carbocycles. The number of imide groups is 1. The maximum absolute atomic E-state index is 11.2. The summed E-state index contributed by atoms with van der Waals surface area (Å²) in [6, 6.07) is 0. The summed E-state index contributed by atoms with van der Waals surface area (Å²) in [5, 5.41) is 2.05. The molecule has 1 unspecified atom stereocenters. The lowest BCUT2D eigenvalue weighted by Crippen LogP contribution is -2.34. The van der Waals surface area contributed by atoms with Gasteiger partial charge in [0.05, 0.1) is 0 Å². The van der Waals surface area contributed by atoms with Crippen LogP contribution in [-0.2, 0) is 9.53 Å². The molecule has 0 aromatic carbocycles. The molecule has 2 amide bonds. The monoisotopic (exact) mass is 249 g/mol. The zero-order valence-corrected chi connectivity index (χ0v) is 10.7. The van der Waals surface area contributed by atoms with Gasteiger partial charge in [0.15, 0.2) is 0 Å². The van der Waals surface area contributed by atoms with Crippen LogP contribution in [0.25, 0.3) is 0 Å². The largest absolute Gasteiger partial charge is 0.446 e. The molecule has 0 rings (SSSR count). The Morgan fingerprint density at radius 3 is 2.50 bits per heavy atom. The standard InChI is InChI=1S/C11H20ClNO3/c1-3-5-6-7-9(4-2)16-11(15)13-10(14)8-12/h9H,3-8H2,1-2H3,(H,13,14,15). The topological polar surface area (TPSA) is 55.4 Å². The number of unbranched alkanes of at least 4 members (excludes halogenated alkanes) is 2. The van der Waals surface area contributed by atoms with Gasteiger partial charge in [-0.1, -0.05) is 26.7 Å². The molecule has 0 aromatic heterocycles. The number of ether oxygens (including phenoxy) is 1. The molecule has 0 radical (unpaired) electrons. The molecule has 1 N–H and O–H groups in total. The fourth-order valence-corrected chi connectivity index (χ4v) is 1.36. The van der Waals surface area contributed by atoms with Crippen LogP contribution in [0.15, 0.2) is 0 Å². The molecule has 0 aromatic rings. The number of halogens is 1. The average Bonchev–Trinajstić information content (AvgIpc) is 2.27. The number of alkyl carbamates (subject to hydrolysis) is 1. The van der Waals surface area contributed by atoms with Gasteiger partial charge in [-0.3, -0.25) is 10.1 Å². The first-order valence-electron chi connectivity index (χ1n) is 5.70. The SMILES string of the molecule is CCCCCC(CC)OC(=O)NC(=O)CCl. The molecule has 0 bridgehead atoms. The summed E-state index contributed by atoms with van der Waals surface area (Å²) < 4.78 is 5.09. The quantitative estimate of drug-likeness (QED) is 0.558. The van der Waals surface area contributed by atoms with Gasteiger partial charge in [-0.25, -0.2) is 4.79 Å². The van der Waals surface area contributed by atoms with E-state index >= 15 is 0 Å². The van der Waals surface area contributed by atoms with E-state index in [1.807, 2.05) is 6.92 Å². The Labute approximate surface area is 102 Å². The van der Waals surface area contributed by atoms with E-state index in [1.165, 1.54) is 0 Å². The third-order valence-electron chi connectivity index (χ3n) is 2.22. The third-order valence-corrected chi connectivity index (χ3v) is 2.46. The van der Waals surface area contributed by atoms with E-state index < -0.39 is 12.0 Å². The fourth-order valence-electron chi connectivity index (χ4n) is 1.30. The number of nitrogens with one attached hydrogen (secondary N) is 1. The number of hydrogen-bond acceptors (Lipinski definition) is 3. The van der Waals surface area contributed by atoms with Crippen LogP contribution in [0.1, 0.15) is 46.0 Å². The van der Waals surface area contributed by atoms with Gasteiger partial charge in [-0.05, 0) is 19.3 Å². The molecular formula is C11H20ClNO3. The molecule has 0 heterocycles. The minimum atomic E-state index is -0.700. The van der Waals surface area contributed by atoms with Gasteiger partial charge >= 0.3 is 6.09 Å². The summed E-state index contributed by atoms with van der Waals surface area (Å²) in [5.74, 6) is -0.767. The van der Waals surface area contributed by atoms with Gasteiger partial charge in [0.2, 0.25) is 5.91 Å². The van der Waals surface area contributed by atoms with Crippen LogP contribution in [0.2, 0.25) is 0 Å². The van der Waals surface area contributed by atoms with Gasteiger partial charge in [0.25, 0.3) is 0 Å². The van der Waals surface area contributed by atoms with E-state index in [1.54, 1.807) is 0 Å². The number of amides is 2.